The van der Waals surface area contributed by atoms with E-state index in [1.165, 1.54) is 16.9 Å². The minimum atomic E-state index is 0.183. The molecule has 2 heteroatoms. The molecule has 30 valence electrons. The summed E-state index contributed by atoms with van der Waals surface area (Å²) >= 11 is 6.86. The summed E-state index contributed by atoms with van der Waals surface area (Å²) < 4.78 is 0.183. The summed E-state index contributed by atoms with van der Waals surface area (Å²) in [5, 5.41) is 0. The van der Waals surface area contributed by atoms with Gasteiger partial charge in [0, 0.05) is 0 Å². The van der Waals surface area contributed by atoms with Crippen LogP contribution < -0.4 is 0 Å². The van der Waals surface area contributed by atoms with Gasteiger partial charge in [-0.05, 0) is 0 Å². The SMILES string of the molecule is C=CC(Cl)[AsH2]. The number of hydrogen-bond donors (Lipinski definition) is 0. The van der Waals surface area contributed by atoms with Gasteiger partial charge in [0.15, 0.2) is 0 Å². The molecule has 0 amide bonds. The second kappa shape index (κ2) is 2.81. The zero-order valence-corrected chi connectivity index (χ0v) is 6.00. The van der Waals surface area contributed by atoms with Gasteiger partial charge in [-0.3, -0.25) is 0 Å². The number of alkyl halides is 1. The molecular weight excluding hydrogens is 146 g/mol. The van der Waals surface area contributed by atoms with E-state index in [1.54, 1.807) is 6.08 Å². The summed E-state index contributed by atoms with van der Waals surface area (Å²) in [4.78, 5) is 0. The van der Waals surface area contributed by atoms with E-state index in [9.17, 15) is 0 Å². The predicted octanol–water partition coefficient (Wildman–Crippen LogP) is 0.370. The molecule has 0 aliphatic carbocycles. The van der Waals surface area contributed by atoms with Crippen molar-refractivity contribution in [1.29, 1.82) is 0 Å². The normalized spacial score (nSPS) is 14.0. The van der Waals surface area contributed by atoms with Crippen molar-refractivity contribution in [3.63, 3.8) is 0 Å². The molecule has 0 N–H and O–H groups in total. The van der Waals surface area contributed by atoms with Crippen LogP contribution in [0, 0.1) is 0 Å². The Kier molecular flexibility index (Phi) is 3.14. The summed E-state index contributed by atoms with van der Waals surface area (Å²) in [6, 6.07) is 0. The zero-order valence-electron chi connectivity index (χ0n) is 2.82. The van der Waals surface area contributed by atoms with Crippen LogP contribution in [0.25, 0.3) is 0 Å². The van der Waals surface area contributed by atoms with Crippen molar-refractivity contribution < 1.29 is 0 Å². The first kappa shape index (κ1) is 5.59. The molecule has 0 bridgehead atoms. The van der Waals surface area contributed by atoms with Crippen molar-refractivity contribution in [3.8, 4) is 0 Å². The molecule has 0 aromatic rings. The van der Waals surface area contributed by atoms with Crippen molar-refractivity contribution in [3.05, 3.63) is 12.7 Å². The summed E-state index contributed by atoms with van der Waals surface area (Å²) in [7, 11) is 0. The van der Waals surface area contributed by atoms with Crippen LogP contribution in [0.15, 0.2) is 12.7 Å². The van der Waals surface area contributed by atoms with Crippen LogP contribution in [0.4, 0.5) is 0 Å². The number of rotatable bonds is 1. The van der Waals surface area contributed by atoms with E-state index in [2.05, 4.69) is 6.58 Å². The Labute approximate surface area is 45.7 Å². The first-order valence-electron chi connectivity index (χ1n) is 1.29. The third-order valence-electron chi connectivity index (χ3n) is 0.225. The fraction of sp³-hybridized carbons (Fsp3) is 0.333. The monoisotopic (exact) mass is 152 g/mol. The van der Waals surface area contributed by atoms with E-state index in [4.69, 9.17) is 11.6 Å². The van der Waals surface area contributed by atoms with Crippen molar-refractivity contribution in [1.82, 2.24) is 0 Å². The molecule has 0 aliphatic rings. The molecule has 0 aromatic carbocycles. The Morgan fingerprint density at radius 1 is 2.00 bits per heavy atom. The fourth-order valence-corrected chi connectivity index (χ4v) is 0. The van der Waals surface area contributed by atoms with Gasteiger partial charge in [-0.15, -0.1) is 0 Å². The molecule has 0 radical (unpaired) electrons. The van der Waals surface area contributed by atoms with Gasteiger partial charge < -0.3 is 0 Å². The van der Waals surface area contributed by atoms with Gasteiger partial charge in [-0.2, -0.15) is 0 Å². The van der Waals surface area contributed by atoms with Gasteiger partial charge >= 0.3 is 45.3 Å². The molecule has 0 saturated carbocycles. The third kappa shape index (κ3) is 4.59. The molecular formula is C3H6AsCl. The van der Waals surface area contributed by atoms with Crippen LogP contribution in [-0.4, -0.2) is 21.0 Å². The van der Waals surface area contributed by atoms with Crippen LogP contribution in [0.1, 0.15) is 0 Å². The van der Waals surface area contributed by atoms with Gasteiger partial charge in [-0.1, -0.05) is 0 Å². The summed E-state index contributed by atoms with van der Waals surface area (Å²) in [6.45, 7) is 3.44. The number of allylic oxidation sites excluding steroid dienone is 1. The molecule has 0 aliphatic heterocycles. The fourth-order valence-electron chi connectivity index (χ4n) is 0. The van der Waals surface area contributed by atoms with Crippen molar-refractivity contribution in [2.24, 2.45) is 0 Å². The molecule has 5 heavy (non-hydrogen) atoms. The maximum atomic E-state index is 5.37. The average Bonchev–Trinajstić information content (AvgIpc) is 1.38. The summed E-state index contributed by atoms with van der Waals surface area (Å²) in [5.74, 6) is 0. The first-order chi connectivity index (χ1) is 2.27. The van der Waals surface area contributed by atoms with E-state index >= 15 is 0 Å². The van der Waals surface area contributed by atoms with Gasteiger partial charge in [-0.25, -0.2) is 0 Å². The van der Waals surface area contributed by atoms with E-state index in [1.807, 2.05) is 0 Å². The number of halogens is 1. The van der Waals surface area contributed by atoms with E-state index in [-0.39, 0.29) is 4.16 Å². The first-order valence-corrected chi connectivity index (χ1v) is 3.13. The van der Waals surface area contributed by atoms with Gasteiger partial charge in [0.25, 0.3) is 0 Å². The second-order valence-electron chi connectivity index (χ2n) is 0.680. The third-order valence-corrected chi connectivity index (χ3v) is 0.974. The predicted molar refractivity (Wildman–Crippen MR) is 28.4 cm³/mol. The molecule has 0 saturated heterocycles. The van der Waals surface area contributed by atoms with Gasteiger partial charge in [0.1, 0.15) is 0 Å². The van der Waals surface area contributed by atoms with Gasteiger partial charge in [0.2, 0.25) is 0 Å². The van der Waals surface area contributed by atoms with Crippen LogP contribution in [-0.2, 0) is 0 Å². The molecule has 2 unspecified atom stereocenters. The quantitative estimate of drug-likeness (QED) is 0.289. The van der Waals surface area contributed by atoms with E-state index in [0.717, 1.165) is 0 Å². The Morgan fingerprint density at radius 2 is 2.20 bits per heavy atom. The zero-order chi connectivity index (χ0) is 4.28. The number of hydrogen-bond acceptors (Lipinski definition) is 0. The Balaban J connectivity index is 2.83. The van der Waals surface area contributed by atoms with Crippen molar-refractivity contribution in [2.75, 3.05) is 0 Å². The van der Waals surface area contributed by atoms with Crippen LogP contribution in [0.5, 0.6) is 0 Å². The van der Waals surface area contributed by atoms with E-state index < -0.39 is 0 Å². The topological polar surface area (TPSA) is 0 Å². The van der Waals surface area contributed by atoms with Crippen LogP contribution in [0.3, 0.4) is 0 Å². The van der Waals surface area contributed by atoms with Crippen molar-refractivity contribution in [2.45, 2.75) is 4.16 Å². The molecule has 0 heterocycles. The molecule has 0 nitrogen and oxygen atoms in total. The summed E-state index contributed by atoms with van der Waals surface area (Å²) in [6.07, 6.45) is 1.71. The van der Waals surface area contributed by atoms with Crippen LogP contribution in [0.2, 0.25) is 0 Å². The Hall–Kier alpha value is 0.588. The average molecular weight is 152 g/mol. The van der Waals surface area contributed by atoms with E-state index in [0.29, 0.717) is 0 Å². The molecule has 0 aromatic heterocycles. The molecule has 0 rings (SSSR count). The van der Waals surface area contributed by atoms with Crippen molar-refractivity contribution >= 4 is 28.5 Å². The summed E-state index contributed by atoms with van der Waals surface area (Å²) in [5.41, 5.74) is 0. The Morgan fingerprint density at radius 3 is 2.20 bits per heavy atom. The maximum absolute atomic E-state index is 5.37. The molecule has 0 spiro atoms. The minimum absolute atomic E-state index is 0.183. The van der Waals surface area contributed by atoms with Crippen LogP contribution >= 0.6 is 11.6 Å². The molecule has 2 atom stereocenters. The van der Waals surface area contributed by atoms with Gasteiger partial charge in [0.05, 0.1) is 0 Å². The second-order valence-corrected chi connectivity index (χ2v) is 3.58. The Bertz CT molecular complexity index is 33.9. The molecule has 0 fully saturated rings. The standard InChI is InChI=1S/C3H6AsCl/c1-2-3(4)5/h2-3H,1,4H2.